The van der Waals surface area contributed by atoms with E-state index in [9.17, 15) is 4.79 Å². The highest BCUT2D eigenvalue weighted by Gasteiger charge is 2.13. The van der Waals surface area contributed by atoms with Gasteiger partial charge in [0.1, 0.15) is 0 Å². The second kappa shape index (κ2) is 7.63. The van der Waals surface area contributed by atoms with E-state index in [2.05, 4.69) is 15.5 Å². The van der Waals surface area contributed by atoms with Gasteiger partial charge in [0.15, 0.2) is 11.0 Å². The molecule has 134 valence electrons. The number of amides is 1. The van der Waals surface area contributed by atoms with Gasteiger partial charge in [0.2, 0.25) is 5.91 Å². The molecule has 0 spiro atoms. The van der Waals surface area contributed by atoms with Gasteiger partial charge in [-0.15, -0.1) is 10.2 Å². The van der Waals surface area contributed by atoms with E-state index >= 15 is 0 Å². The van der Waals surface area contributed by atoms with Crippen molar-refractivity contribution in [2.45, 2.75) is 5.16 Å². The van der Waals surface area contributed by atoms with Gasteiger partial charge in [0.25, 0.3) is 0 Å². The Morgan fingerprint density at radius 3 is 2.56 bits per heavy atom. The molecule has 4 rings (SSSR count). The lowest BCUT2D eigenvalue weighted by Crippen LogP contribution is -2.14. The van der Waals surface area contributed by atoms with E-state index in [0.29, 0.717) is 5.16 Å². The molecule has 0 fully saturated rings. The number of thioether (sulfide) groups is 1. The molecular weight excluding hydrogens is 356 g/mol. The van der Waals surface area contributed by atoms with Crippen molar-refractivity contribution in [3.8, 4) is 11.4 Å². The van der Waals surface area contributed by atoms with Crippen molar-refractivity contribution in [3.05, 3.63) is 72.8 Å². The van der Waals surface area contributed by atoms with Crippen molar-refractivity contribution >= 4 is 34.1 Å². The zero-order valence-corrected chi connectivity index (χ0v) is 15.6. The third-order valence-corrected chi connectivity index (χ3v) is 5.28. The second-order valence-corrected chi connectivity index (χ2v) is 7.04. The van der Waals surface area contributed by atoms with E-state index in [1.807, 2.05) is 84.4 Å². The molecule has 0 atom stereocenters. The average Bonchev–Trinajstić information content (AvgIpc) is 3.08. The van der Waals surface area contributed by atoms with Gasteiger partial charge >= 0.3 is 0 Å². The predicted molar refractivity (Wildman–Crippen MR) is 110 cm³/mol. The first kappa shape index (κ1) is 17.3. The van der Waals surface area contributed by atoms with E-state index in [-0.39, 0.29) is 11.7 Å². The number of hydrogen-bond donors (Lipinski definition) is 1. The van der Waals surface area contributed by atoms with E-state index in [0.717, 1.165) is 27.8 Å². The summed E-state index contributed by atoms with van der Waals surface area (Å²) in [5.41, 5.74) is 1.82. The minimum Gasteiger partial charge on any atom is -0.325 e. The SMILES string of the molecule is Cn1c(SCC(=O)Nc2cccc3ccccc23)nnc1-c1ccccc1. The molecule has 1 N–H and O–H groups in total. The van der Waals surface area contributed by atoms with Crippen LogP contribution in [0.1, 0.15) is 0 Å². The van der Waals surface area contributed by atoms with Crippen LogP contribution in [0.5, 0.6) is 0 Å². The topological polar surface area (TPSA) is 59.8 Å². The summed E-state index contributed by atoms with van der Waals surface area (Å²) in [7, 11) is 1.91. The molecule has 0 aliphatic rings. The van der Waals surface area contributed by atoms with Crippen LogP contribution >= 0.6 is 11.8 Å². The molecule has 0 saturated heterocycles. The summed E-state index contributed by atoms with van der Waals surface area (Å²) in [4.78, 5) is 12.4. The third kappa shape index (κ3) is 3.71. The van der Waals surface area contributed by atoms with Crippen LogP contribution in [0, 0.1) is 0 Å². The lowest BCUT2D eigenvalue weighted by Gasteiger charge is -2.08. The van der Waals surface area contributed by atoms with Crippen molar-refractivity contribution in [1.29, 1.82) is 0 Å². The molecular formula is C21H18N4OS. The maximum absolute atomic E-state index is 12.4. The number of nitrogens with one attached hydrogen (secondary N) is 1. The molecule has 0 aliphatic carbocycles. The molecule has 27 heavy (non-hydrogen) atoms. The summed E-state index contributed by atoms with van der Waals surface area (Å²) in [6.45, 7) is 0. The number of hydrogen-bond acceptors (Lipinski definition) is 4. The Morgan fingerprint density at radius 1 is 0.963 bits per heavy atom. The Morgan fingerprint density at radius 2 is 1.70 bits per heavy atom. The van der Waals surface area contributed by atoms with Crippen LogP contribution in [0.25, 0.3) is 22.2 Å². The van der Waals surface area contributed by atoms with Crippen LogP contribution in [0.4, 0.5) is 5.69 Å². The number of nitrogens with zero attached hydrogens (tertiary/aromatic N) is 3. The van der Waals surface area contributed by atoms with Crippen molar-refractivity contribution in [2.24, 2.45) is 7.05 Å². The van der Waals surface area contributed by atoms with Crippen molar-refractivity contribution in [2.75, 3.05) is 11.1 Å². The van der Waals surface area contributed by atoms with Crippen LogP contribution < -0.4 is 5.32 Å². The van der Waals surface area contributed by atoms with Gasteiger partial charge in [-0.05, 0) is 11.5 Å². The highest BCUT2D eigenvalue weighted by molar-refractivity contribution is 7.99. The lowest BCUT2D eigenvalue weighted by molar-refractivity contribution is -0.113. The van der Waals surface area contributed by atoms with E-state index in [1.54, 1.807) is 0 Å². The second-order valence-electron chi connectivity index (χ2n) is 6.09. The quantitative estimate of drug-likeness (QED) is 0.527. The first-order valence-corrected chi connectivity index (χ1v) is 9.56. The predicted octanol–water partition coefficient (Wildman–Crippen LogP) is 4.37. The molecule has 1 aromatic heterocycles. The fourth-order valence-electron chi connectivity index (χ4n) is 2.93. The summed E-state index contributed by atoms with van der Waals surface area (Å²) in [5, 5.41) is 14.3. The van der Waals surface area contributed by atoms with Crippen LogP contribution in [0.15, 0.2) is 78.0 Å². The monoisotopic (exact) mass is 374 g/mol. The number of benzene rings is 3. The van der Waals surface area contributed by atoms with Gasteiger partial charge in [-0.25, -0.2) is 0 Å². The zero-order valence-electron chi connectivity index (χ0n) is 14.8. The van der Waals surface area contributed by atoms with Gasteiger partial charge < -0.3 is 9.88 Å². The van der Waals surface area contributed by atoms with Crippen molar-refractivity contribution < 1.29 is 4.79 Å². The Kier molecular flexibility index (Phi) is 4.89. The van der Waals surface area contributed by atoms with Crippen LogP contribution in [-0.2, 0) is 11.8 Å². The molecule has 1 amide bonds. The Bertz CT molecular complexity index is 1090. The summed E-state index contributed by atoms with van der Waals surface area (Å²) in [6, 6.07) is 23.8. The first-order valence-electron chi connectivity index (χ1n) is 8.57. The van der Waals surface area contributed by atoms with E-state index in [4.69, 9.17) is 0 Å². The minimum absolute atomic E-state index is 0.0689. The molecule has 4 aromatic rings. The number of rotatable bonds is 5. The van der Waals surface area contributed by atoms with Crippen molar-refractivity contribution in [1.82, 2.24) is 14.8 Å². The minimum atomic E-state index is -0.0689. The van der Waals surface area contributed by atoms with Gasteiger partial charge in [-0.3, -0.25) is 4.79 Å². The fraction of sp³-hybridized carbons (Fsp3) is 0.0952. The van der Waals surface area contributed by atoms with Crippen LogP contribution in [-0.4, -0.2) is 26.4 Å². The smallest absolute Gasteiger partial charge is 0.234 e. The Balaban J connectivity index is 1.45. The molecule has 1 heterocycles. The normalized spacial score (nSPS) is 10.9. The third-order valence-electron chi connectivity index (χ3n) is 4.26. The summed E-state index contributed by atoms with van der Waals surface area (Å²) in [6.07, 6.45) is 0. The number of carbonyl (C=O) groups is 1. The first-order chi connectivity index (χ1) is 13.2. The summed E-state index contributed by atoms with van der Waals surface area (Å²) >= 11 is 1.37. The van der Waals surface area contributed by atoms with Gasteiger partial charge in [0.05, 0.1) is 5.75 Å². The largest absolute Gasteiger partial charge is 0.325 e. The van der Waals surface area contributed by atoms with Crippen LogP contribution in [0.3, 0.4) is 0 Å². The Labute approximate surface area is 161 Å². The molecule has 0 radical (unpaired) electrons. The molecule has 0 saturated carbocycles. The van der Waals surface area contributed by atoms with Gasteiger partial charge in [0, 0.05) is 23.7 Å². The molecule has 0 unspecified atom stereocenters. The highest BCUT2D eigenvalue weighted by atomic mass is 32.2. The Hall–Kier alpha value is -3.12. The number of anilines is 1. The molecule has 6 heteroatoms. The number of carbonyl (C=O) groups excluding carboxylic acids is 1. The lowest BCUT2D eigenvalue weighted by atomic mass is 10.1. The summed E-state index contributed by atoms with van der Waals surface area (Å²) < 4.78 is 1.91. The fourth-order valence-corrected chi connectivity index (χ4v) is 3.64. The van der Waals surface area contributed by atoms with Gasteiger partial charge in [-0.1, -0.05) is 78.5 Å². The molecule has 5 nitrogen and oxygen atoms in total. The standard InChI is InChI=1S/C21H18N4OS/c1-25-20(16-9-3-2-4-10-16)23-24-21(25)27-14-19(26)22-18-13-7-11-15-8-5-6-12-17(15)18/h2-13H,14H2,1H3,(H,22,26). The summed E-state index contributed by atoms with van der Waals surface area (Å²) in [5.74, 6) is 0.984. The van der Waals surface area contributed by atoms with Crippen molar-refractivity contribution in [3.63, 3.8) is 0 Å². The van der Waals surface area contributed by atoms with E-state index in [1.165, 1.54) is 11.8 Å². The molecule has 0 bridgehead atoms. The maximum atomic E-state index is 12.4. The number of fused-ring (bicyclic) bond motifs is 1. The zero-order chi connectivity index (χ0) is 18.6. The maximum Gasteiger partial charge on any atom is 0.234 e. The van der Waals surface area contributed by atoms with Gasteiger partial charge in [-0.2, -0.15) is 0 Å². The van der Waals surface area contributed by atoms with Crippen LogP contribution in [0.2, 0.25) is 0 Å². The molecule has 3 aromatic carbocycles. The average molecular weight is 374 g/mol. The highest BCUT2D eigenvalue weighted by Crippen LogP contribution is 2.25. The number of aromatic nitrogens is 3. The van der Waals surface area contributed by atoms with E-state index < -0.39 is 0 Å². The molecule has 0 aliphatic heterocycles.